The summed E-state index contributed by atoms with van der Waals surface area (Å²) >= 11 is 6.61. The topological polar surface area (TPSA) is 61.8 Å². The van der Waals surface area contributed by atoms with Crippen molar-refractivity contribution in [3.05, 3.63) is 72.0 Å². The van der Waals surface area contributed by atoms with E-state index in [1.165, 1.54) is 12.1 Å². The van der Waals surface area contributed by atoms with E-state index >= 15 is 4.39 Å². The number of hydrogen-bond acceptors (Lipinski definition) is 6. The number of halogens is 3. The quantitative estimate of drug-likeness (QED) is 0.233. The van der Waals surface area contributed by atoms with Crippen molar-refractivity contribution >= 4 is 45.0 Å². The first-order valence-corrected chi connectivity index (χ1v) is 15.5. The number of amides is 1. The minimum absolute atomic E-state index is 0.107. The molecular formula is C34H34ClF2N5O2. The molecule has 0 bridgehead atoms. The predicted molar refractivity (Wildman–Crippen MR) is 170 cm³/mol. The number of piperazine rings is 1. The van der Waals surface area contributed by atoms with Crippen molar-refractivity contribution in [1.82, 2.24) is 19.8 Å². The van der Waals surface area contributed by atoms with Gasteiger partial charge in [0, 0.05) is 60.0 Å². The summed E-state index contributed by atoms with van der Waals surface area (Å²) in [5, 5.41) is 2.75. The van der Waals surface area contributed by atoms with Gasteiger partial charge in [-0.3, -0.25) is 9.69 Å². The van der Waals surface area contributed by atoms with Gasteiger partial charge in [0.25, 0.3) is 0 Å². The van der Waals surface area contributed by atoms with Crippen LogP contribution >= 0.6 is 11.6 Å². The second-order valence-electron chi connectivity index (χ2n) is 12.2. The molecule has 1 aromatic heterocycles. The lowest BCUT2D eigenvalue weighted by Crippen LogP contribution is -2.53. The van der Waals surface area contributed by atoms with Gasteiger partial charge < -0.3 is 14.5 Å². The number of benzene rings is 3. The molecular weight excluding hydrogens is 584 g/mol. The van der Waals surface area contributed by atoms with Crippen molar-refractivity contribution in [1.29, 1.82) is 0 Å². The summed E-state index contributed by atoms with van der Waals surface area (Å²) in [5.74, 6) is -0.00206. The molecule has 1 amide bonds. The van der Waals surface area contributed by atoms with E-state index in [2.05, 4.69) is 16.4 Å². The Morgan fingerprint density at radius 3 is 2.75 bits per heavy atom. The van der Waals surface area contributed by atoms with Crippen LogP contribution in [0, 0.1) is 5.82 Å². The zero-order valence-electron chi connectivity index (χ0n) is 24.6. The Labute approximate surface area is 260 Å². The van der Waals surface area contributed by atoms with Crippen molar-refractivity contribution in [2.45, 2.75) is 43.9 Å². The third-order valence-corrected chi connectivity index (χ3v) is 9.82. The molecule has 3 fully saturated rings. The summed E-state index contributed by atoms with van der Waals surface area (Å²) in [6, 6.07) is 14.6. The van der Waals surface area contributed by atoms with Gasteiger partial charge in [0.2, 0.25) is 5.91 Å². The van der Waals surface area contributed by atoms with Crippen molar-refractivity contribution in [3.8, 4) is 17.1 Å². The van der Waals surface area contributed by atoms with Crippen LogP contribution in [0.25, 0.3) is 32.8 Å². The molecule has 7 nitrogen and oxygen atoms in total. The zero-order valence-corrected chi connectivity index (χ0v) is 25.4. The van der Waals surface area contributed by atoms with E-state index in [-0.39, 0.29) is 30.1 Å². The van der Waals surface area contributed by atoms with Crippen molar-refractivity contribution in [2.75, 3.05) is 44.2 Å². The number of carbonyl (C=O) groups excluding carboxylic acids is 1. The number of nitrogens with zero attached hydrogens (tertiary/aromatic N) is 5. The van der Waals surface area contributed by atoms with Gasteiger partial charge in [-0.15, -0.1) is 0 Å². The van der Waals surface area contributed by atoms with Crippen LogP contribution < -0.4 is 9.64 Å². The normalized spacial score (nSPS) is 23.8. The van der Waals surface area contributed by atoms with Crippen LogP contribution in [0.3, 0.4) is 0 Å². The van der Waals surface area contributed by atoms with Gasteiger partial charge >= 0.3 is 6.01 Å². The second-order valence-corrected chi connectivity index (χ2v) is 12.6. The molecule has 3 aromatic carbocycles. The summed E-state index contributed by atoms with van der Waals surface area (Å²) in [5.41, 5.74) is 1.20. The van der Waals surface area contributed by atoms with Crippen LogP contribution in [0.15, 0.2) is 61.2 Å². The molecule has 3 saturated heterocycles. The first kappa shape index (κ1) is 28.9. The minimum Gasteiger partial charge on any atom is -0.461 e. The maximum Gasteiger partial charge on any atom is 0.319 e. The van der Waals surface area contributed by atoms with Crippen LogP contribution in [-0.2, 0) is 4.79 Å². The number of carbonyl (C=O) groups is 1. The van der Waals surface area contributed by atoms with E-state index in [1.807, 2.05) is 37.3 Å². The van der Waals surface area contributed by atoms with Gasteiger partial charge in [-0.1, -0.05) is 48.5 Å². The molecule has 0 aliphatic carbocycles. The molecule has 3 aliphatic heterocycles. The van der Waals surface area contributed by atoms with Crippen LogP contribution in [0.4, 0.5) is 14.6 Å². The fourth-order valence-corrected chi connectivity index (χ4v) is 7.65. The SMILES string of the molecule is C=CC(=O)N1CCN(c2nc(OCC34CCCN3C[C@H](F)C4)nc3cc(-c4cccc5cccc(Cl)c45)c(F)cc23)[C@@H](C)C1. The molecule has 44 heavy (non-hydrogen) atoms. The van der Waals surface area contributed by atoms with E-state index < -0.39 is 12.0 Å². The van der Waals surface area contributed by atoms with E-state index in [0.29, 0.717) is 65.5 Å². The van der Waals surface area contributed by atoms with Crippen molar-refractivity contribution in [3.63, 3.8) is 0 Å². The molecule has 0 saturated carbocycles. The number of aromatic nitrogens is 2. The molecule has 0 radical (unpaired) electrons. The van der Waals surface area contributed by atoms with Crippen molar-refractivity contribution < 1.29 is 18.3 Å². The third kappa shape index (κ3) is 4.96. The highest BCUT2D eigenvalue weighted by Crippen LogP contribution is 2.41. The van der Waals surface area contributed by atoms with Gasteiger partial charge in [0.15, 0.2) is 0 Å². The standard InChI is InChI=1S/C34H34ClF2N5O2/c1-3-30(43)40-13-14-42(21(2)18-40)32-26-15-28(37)25(24-9-4-7-22-8-5-10-27(35)31(22)24)16-29(26)38-33(39-32)44-20-34-11-6-12-41(34)19-23(36)17-34/h3-5,7-10,15-16,21,23H,1,6,11-14,17-20H2,2H3/t21-,23+,34?/m0/s1. The summed E-state index contributed by atoms with van der Waals surface area (Å²) in [7, 11) is 0. The van der Waals surface area contributed by atoms with Crippen molar-refractivity contribution in [2.24, 2.45) is 0 Å². The fourth-order valence-electron chi connectivity index (χ4n) is 7.37. The maximum absolute atomic E-state index is 16.1. The molecule has 7 rings (SSSR count). The maximum atomic E-state index is 16.1. The highest BCUT2D eigenvalue weighted by molar-refractivity contribution is 6.36. The Morgan fingerprint density at radius 1 is 1.14 bits per heavy atom. The summed E-state index contributed by atoms with van der Waals surface area (Å²) in [6.07, 6.45) is 2.74. The Balaban J connectivity index is 1.33. The lowest BCUT2D eigenvalue weighted by molar-refractivity contribution is -0.126. The van der Waals surface area contributed by atoms with E-state index in [0.717, 1.165) is 30.2 Å². The highest BCUT2D eigenvalue weighted by atomic mass is 35.5. The van der Waals surface area contributed by atoms with Gasteiger partial charge in [-0.05, 0) is 61.5 Å². The predicted octanol–water partition coefficient (Wildman–Crippen LogP) is 6.42. The second kappa shape index (κ2) is 11.3. The van der Waals surface area contributed by atoms with Crippen LogP contribution in [0.1, 0.15) is 26.2 Å². The summed E-state index contributed by atoms with van der Waals surface area (Å²) in [6.45, 7) is 8.63. The number of alkyl halides is 1. The van der Waals surface area contributed by atoms with Gasteiger partial charge in [-0.25, -0.2) is 8.78 Å². The summed E-state index contributed by atoms with van der Waals surface area (Å²) < 4.78 is 36.9. The number of fused-ring (bicyclic) bond motifs is 3. The molecule has 10 heteroatoms. The largest absolute Gasteiger partial charge is 0.461 e. The van der Waals surface area contributed by atoms with Gasteiger partial charge in [-0.2, -0.15) is 9.97 Å². The van der Waals surface area contributed by atoms with Gasteiger partial charge in [0.1, 0.15) is 24.4 Å². The molecule has 1 unspecified atom stereocenters. The average Bonchev–Trinajstić information content (AvgIpc) is 3.54. The van der Waals surface area contributed by atoms with Crippen LogP contribution in [0.2, 0.25) is 5.02 Å². The number of anilines is 1. The Hall–Kier alpha value is -3.82. The third-order valence-electron chi connectivity index (χ3n) is 9.50. The Bertz CT molecular complexity index is 1780. The monoisotopic (exact) mass is 617 g/mol. The lowest BCUT2D eigenvalue weighted by atomic mass is 9.95. The van der Waals surface area contributed by atoms with E-state index in [1.54, 1.807) is 17.0 Å². The molecule has 3 atom stereocenters. The molecule has 0 N–H and O–H groups in total. The molecule has 228 valence electrons. The van der Waals surface area contributed by atoms with E-state index in [4.69, 9.17) is 26.3 Å². The lowest BCUT2D eigenvalue weighted by Gasteiger charge is -2.40. The van der Waals surface area contributed by atoms with Crippen LogP contribution in [0.5, 0.6) is 6.01 Å². The number of rotatable bonds is 6. The zero-order chi connectivity index (χ0) is 30.6. The highest BCUT2D eigenvalue weighted by Gasteiger charge is 2.49. The Kier molecular flexibility index (Phi) is 7.41. The first-order valence-electron chi connectivity index (χ1n) is 15.2. The number of ether oxygens (including phenoxy) is 1. The average molecular weight is 618 g/mol. The summed E-state index contributed by atoms with van der Waals surface area (Å²) in [4.78, 5) is 28.0. The first-order chi connectivity index (χ1) is 21.3. The fraction of sp³-hybridized carbons (Fsp3) is 0.382. The Morgan fingerprint density at radius 2 is 1.95 bits per heavy atom. The molecule has 0 spiro atoms. The van der Waals surface area contributed by atoms with Gasteiger partial charge in [0.05, 0.1) is 11.1 Å². The molecule has 4 heterocycles. The minimum atomic E-state index is -0.875. The van der Waals surface area contributed by atoms with Crippen LogP contribution in [-0.4, -0.2) is 82.8 Å². The van der Waals surface area contributed by atoms with E-state index in [9.17, 15) is 9.18 Å². The number of hydrogen-bond donors (Lipinski definition) is 0. The molecule has 4 aromatic rings. The molecule has 3 aliphatic rings. The smallest absolute Gasteiger partial charge is 0.319 e.